The van der Waals surface area contributed by atoms with E-state index >= 15 is 0 Å². The molecule has 2 amide bonds. The Morgan fingerprint density at radius 1 is 1.00 bits per heavy atom. The number of nitrogens with one attached hydrogen (secondary N) is 2. The van der Waals surface area contributed by atoms with Crippen LogP contribution in [0.1, 0.15) is 30.9 Å². The van der Waals surface area contributed by atoms with Gasteiger partial charge in [-0.05, 0) is 41.7 Å². The topological polar surface area (TPSA) is 78.4 Å². The quantitative estimate of drug-likeness (QED) is 0.603. The lowest BCUT2D eigenvalue weighted by Gasteiger charge is -2.16. The van der Waals surface area contributed by atoms with Gasteiger partial charge in [0.25, 0.3) is 0 Å². The number of alkyl halides is 3. The first kappa shape index (κ1) is 22.3. The van der Waals surface area contributed by atoms with E-state index in [2.05, 4.69) is 10.6 Å². The van der Waals surface area contributed by atoms with Gasteiger partial charge in [0.1, 0.15) is 6.04 Å². The molecule has 29 heavy (non-hydrogen) atoms. The summed E-state index contributed by atoms with van der Waals surface area (Å²) in [5.74, 6) is -0.365. The Morgan fingerprint density at radius 2 is 1.55 bits per heavy atom. The minimum absolute atomic E-state index is 0.347. The molecular weight excluding hydrogens is 385 g/mol. The predicted molar refractivity (Wildman–Crippen MR) is 103 cm³/mol. The van der Waals surface area contributed by atoms with Gasteiger partial charge in [0.05, 0.1) is 5.56 Å². The van der Waals surface area contributed by atoms with E-state index in [1.165, 1.54) is 12.1 Å². The largest absolute Gasteiger partial charge is 0.465 e. The van der Waals surface area contributed by atoms with E-state index < -0.39 is 23.9 Å². The van der Waals surface area contributed by atoms with Gasteiger partial charge in [-0.3, -0.25) is 4.79 Å². The van der Waals surface area contributed by atoms with Crippen molar-refractivity contribution in [2.75, 3.05) is 6.54 Å². The van der Waals surface area contributed by atoms with E-state index in [0.29, 0.717) is 31.4 Å². The Morgan fingerprint density at radius 3 is 2.03 bits per heavy atom. The lowest BCUT2D eigenvalue weighted by atomic mass is 10.0. The molecule has 0 radical (unpaired) electrons. The molecule has 0 aromatic heterocycles. The second-order valence-electron chi connectivity index (χ2n) is 6.60. The number of benzene rings is 2. The van der Waals surface area contributed by atoms with Crippen LogP contribution in [0.25, 0.3) is 11.1 Å². The van der Waals surface area contributed by atoms with Crippen LogP contribution < -0.4 is 10.6 Å². The number of amides is 2. The van der Waals surface area contributed by atoms with Crippen molar-refractivity contribution in [1.82, 2.24) is 10.6 Å². The monoisotopic (exact) mass is 408 g/mol. The highest BCUT2D eigenvalue weighted by atomic mass is 19.4. The molecule has 156 valence electrons. The maximum Gasteiger partial charge on any atom is 0.416 e. The fraction of sp³-hybridized carbons (Fsp3) is 0.333. The molecule has 0 saturated carbocycles. The third kappa shape index (κ3) is 6.81. The molecule has 5 nitrogen and oxygen atoms in total. The van der Waals surface area contributed by atoms with E-state index in [0.717, 1.165) is 23.3 Å². The van der Waals surface area contributed by atoms with Crippen LogP contribution in [0.3, 0.4) is 0 Å². The highest BCUT2D eigenvalue weighted by Crippen LogP contribution is 2.31. The predicted octanol–water partition coefficient (Wildman–Crippen LogP) is 4.47. The molecule has 1 unspecified atom stereocenters. The van der Waals surface area contributed by atoms with Gasteiger partial charge in [0.15, 0.2) is 0 Å². The lowest BCUT2D eigenvalue weighted by molar-refractivity contribution is -0.137. The fourth-order valence-electron chi connectivity index (χ4n) is 2.88. The van der Waals surface area contributed by atoms with Gasteiger partial charge in [0.2, 0.25) is 5.91 Å². The van der Waals surface area contributed by atoms with Crippen molar-refractivity contribution >= 4 is 12.0 Å². The number of hydrogen-bond acceptors (Lipinski definition) is 2. The molecule has 0 saturated heterocycles. The second-order valence-corrected chi connectivity index (χ2v) is 6.60. The molecule has 0 heterocycles. The molecule has 2 aromatic carbocycles. The van der Waals surface area contributed by atoms with E-state index in [-0.39, 0.29) is 5.91 Å². The number of halogens is 3. The minimum Gasteiger partial charge on any atom is -0.465 e. The first-order valence-corrected chi connectivity index (χ1v) is 9.24. The van der Waals surface area contributed by atoms with Crippen LogP contribution in [-0.4, -0.2) is 29.7 Å². The van der Waals surface area contributed by atoms with Gasteiger partial charge in [0, 0.05) is 6.54 Å². The van der Waals surface area contributed by atoms with Crippen LogP contribution in [-0.2, 0) is 17.4 Å². The van der Waals surface area contributed by atoms with Gasteiger partial charge in [-0.15, -0.1) is 0 Å². The Labute approximate surface area is 166 Å². The third-order valence-electron chi connectivity index (χ3n) is 4.40. The third-order valence-corrected chi connectivity index (χ3v) is 4.40. The van der Waals surface area contributed by atoms with Crippen molar-refractivity contribution in [1.29, 1.82) is 0 Å². The van der Waals surface area contributed by atoms with Gasteiger partial charge < -0.3 is 15.7 Å². The van der Waals surface area contributed by atoms with Crippen LogP contribution in [0.4, 0.5) is 18.0 Å². The summed E-state index contributed by atoms with van der Waals surface area (Å²) >= 11 is 0. The van der Waals surface area contributed by atoms with E-state index in [1.807, 2.05) is 31.2 Å². The van der Waals surface area contributed by atoms with E-state index in [4.69, 9.17) is 5.11 Å². The molecule has 0 spiro atoms. The number of carboxylic acid groups (broad SMARTS) is 1. The highest BCUT2D eigenvalue weighted by Gasteiger charge is 2.29. The Bertz CT molecular complexity index is 819. The smallest absolute Gasteiger partial charge is 0.416 e. The Kier molecular flexibility index (Phi) is 7.64. The second kappa shape index (κ2) is 9.95. The molecule has 3 N–H and O–H groups in total. The summed E-state index contributed by atoms with van der Waals surface area (Å²) in [6.07, 6.45) is -3.96. The van der Waals surface area contributed by atoms with Crippen LogP contribution in [0.15, 0.2) is 48.5 Å². The number of hydrogen-bond donors (Lipinski definition) is 3. The first-order valence-electron chi connectivity index (χ1n) is 9.24. The highest BCUT2D eigenvalue weighted by molar-refractivity contribution is 5.85. The average molecular weight is 408 g/mol. The zero-order chi connectivity index (χ0) is 21.4. The van der Waals surface area contributed by atoms with E-state index in [9.17, 15) is 22.8 Å². The van der Waals surface area contributed by atoms with E-state index in [1.54, 1.807) is 0 Å². The molecule has 0 fully saturated rings. The van der Waals surface area contributed by atoms with Crippen molar-refractivity contribution in [2.24, 2.45) is 0 Å². The Hall–Kier alpha value is -3.03. The molecule has 2 aromatic rings. The lowest BCUT2D eigenvalue weighted by Crippen LogP contribution is -2.46. The van der Waals surface area contributed by atoms with Crippen molar-refractivity contribution in [2.45, 2.75) is 38.4 Å². The van der Waals surface area contributed by atoms with Gasteiger partial charge in [-0.25, -0.2) is 4.79 Å². The summed E-state index contributed by atoms with van der Waals surface area (Å²) in [7, 11) is 0. The maximum absolute atomic E-state index is 12.6. The summed E-state index contributed by atoms with van der Waals surface area (Å²) < 4.78 is 37.9. The van der Waals surface area contributed by atoms with Crippen LogP contribution in [0.2, 0.25) is 0 Å². The SMILES string of the molecule is CCCC(NC(=O)O)C(=O)NCCc1ccc(-c2ccc(C(F)(F)F)cc2)cc1. The summed E-state index contributed by atoms with van der Waals surface area (Å²) in [6, 6.07) is 11.5. The number of carbonyl (C=O) groups is 2. The Balaban J connectivity index is 1.90. The van der Waals surface area contributed by atoms with Crippen LogP contribution in [0, 0.1) is 0 Å². The minimum atomic E-state index is -4.36. The summed E-state index contributed by atoms with van der Waals surface area (Å²) in [4.78, 5) is 22.8. The average Bonchev–Trinajstić information content (AvgIpc) is 2.67. The van der Waals surface area contributed by atoms with Crippen molar-refractivity contribution in [3.8, 4) is 11.1 Å². The van der Waals surface area contributed by atoms with Crippen LogP contribution >= 0.6 is 0 Å². The molecular formula is C21H23F3N2O3. The summed E-state index contributed by atoms with van der Waals surface area (Å²) in [6.45, 7) is 2.21. The molecule has 8 heteroatoms. The molecule has 1 atom stereocenters. The van der Waals surface area contributed by atoms with Gasteiger partial charge in [-0.1, -0.05) is 49.7 Å². The normalized spacial score (nSPS) is 12.3. The zero-order valence-electron chi connectivity index (χ0n) is 15.9. The molecule has 0 bridgehead atoms. The van der Waals surface area contributed by atoms with Crippen molar-refractivity contribution < 1.29 is 27.9 Å². The van der Waals surface area contributed by atoms with Gasteiger partial charge in [-0.2, -0.15) is 13.2 Å². The van der Waals surface area contributed by atoms with Crippen molar-refractivity contribution in [3.05, 3.63) is 59.7 Å². The molecule has 0 aliphatic heterocycles. The van der Waals surface area contributed by atoms with Crippen molar-refractivity contribution in [3.63, 3.8) is 0 Å². The molecule has 0 aliphatic rings. The molecule has 2 rings (SSSR count). The first-order chi connectivity index (χ1) is 13.7. The van der Waals surface area contributed by atoms with Gasteiger partial charge >= 0.3 is 12.3 Å². The number of carbonyl (C=O) groups excluding carboxylic acids is 1. The van der Waals surface area contributed by atoms with Crippen LogP contribution in [0.5, 0.6) is 0 Å². The standard InChI is InChI=1S/C21H23F3N2O3/c1-2-3-18(26-20(28)29)19(27)25-13-12-14-4-6-15(7-5-14)16-8-10-17(11-9-16)21(22,23)24/h4-11,18,26H,2-3,12-13H2,1H3,(H,25,27)(H,28,29). The summed E-state index contributed by atoms with van der Waals surface area (Å²) in [5, 5.41) is 13.7. The maximum atomic E-state index is 12.6. The fourth-order valence-corrected chi connectivity index (χ4v) is 2.88. The zero-order valence-corrected chi connectivity index (χ0v) is 15.9. The summed E-state index contributed by atoms with van der Waals surface area (Å²) in [5.41, 5.74) is 1.73. The number of rotatable bonds is 8. The molecule has 0 aliphatic carbocycles.